The molecule has 1 saturated carbocycles. The van der Waals surface area contributed by atoms with Crippen molar-refractivity contribution in [2.45, 2.75) is 100 Å². The lowest BCUT2D eigenvalue weighted by Gasteiger charge is -2.65. The normalized spacial score (nSPS) is 26.5. The summed E-state index contributed by atoms with van der Waals surface area (Å²) in [6.07, 6.45) is 5.80. The highest BCUT2D eigenvalue weighted by molar-refractivity contribution is 6.29. The van der Waals surface area contributed by atoms with Crippen molar-refractivity contribution in [1.82, 2.24) is 0 Å². The summed E-state index contributed by atoms with van der Waals surface area (Å²) in [7, 11) is 0. The van der Waals surface area contributed by atoms with Crippen LogP contribution in [0.2, 0.25) is 0 Å². The molecule has 240 valence electrons. The molecule has 1 unspecified atom stereocenters. The Labute approximate surface area is 263 Å². The molecule has 0 aromatic heterocycles. The number of fused-ring (bicyclic) bond motifs is 2. The maximum atomic E-state index is 14.9. The van der Waals surface area contributed by atoms with Gasteiger partial charge in [-0.2, -0.15) is 0 Å². The van der Waals surface area contributed by atoms with Crippen LogP contribution in [0.4, 0.5) is 0 Å². The highest BCUT2D eigenvalue weighted by Crippen LogP contribution is 2.69. The van der Waals surface area contributed by atoms with E-state index in [0.29, 0.717) is 25.7 Å². The van der Waals surface area contributed by atoms with Gasteiger partial charge < -0.3 is 20.4 Å². The molecule has 44 heavy (non-hydrogen) atoms. The van der Waals surface area contributed by atoms with Gasteiger partial charge >= 0.3 is 0 Å². The Hall–Kier alpha value is -3.38. The van der Waals surface area contributed by atoms with Crippen LogP contribution in [0.5, 0.6) is 11.5 Å². The van der Waals surface area contributed by atoms with Crippen molar-refractivity contribution in [3.63, 3.8) is 0 Å². The number of phenols is 2. The first-order valence-electron chi connectivity index (χ1n) is 15.6. The largest absolute Gasteiger partial charge is 0.511 e. The summed E-state index contributed by atoms with van der Waals surface area (Å²) in [6, 6.07) is 3.62. The maximum absolute atomic E-state index is 14.9. The minimum Gasteiger partial charge on any atom is -0.511 e. The van der Waals surface area contributed by atoms with E-state index < -0.39 is 45.4 Å². The lowest BCUT2D eigenvalue weighted by atomic mass is 9.38. The van der Waals surface area contributed by atoms with Gasteiger partial charge in [0.15, 0.2) is 23.1 Å². The van der Waals surface area contributed by atoms with Crippen molar-refractivity contribution < 1.29 is 30.0 Å². The van der Waals surface area contributed by atoms with Crippen molar-refractivity contribution in [2.75, 3.05) is 0 Å². The molecule has 0 aliphatic heterocycles. The predicted octanol–water partition coefficient (Wildman–Crippen LogP) is 8.71. The number of hydrogen-bond donors (Lipinski definition) is 4. The van der Waals surface area contributed by atoms with Gasteiger partial charge in [0.25, 0.3) is 0 Å². The fourth-order valence-corrected chi connectivity index (χ4v) is 7.50. The van der Waals surface area contributed by atoms with Gasteiger partial charge in [0.2, 0.25) is 0 Å². The van der Waals surface area contributed by atoms with Crippen LogP contribution in [0.1, 0.15) is 104 Å². The first kappa shape index (κ1) is 35.1. The van der Waals surface area contributed by atoms with E-state index in [9.17, 15) is 30.0 Å². The molecule has 2 aliphatic carbocycles. The number of hydrogen-bond acceptors (Lipinski definition) is 6. The van der Waals surface area contributed by atoms with Gasteiger partial charge in [0.05, 0.1) is 16.9 Å². The molecule has 1 aromatic rings. The van der Waals surface area contributed by atoms with Crippen LogP contribution in [0.25, 0.3) is 0 Å². The fourth-order valence-electron chi connectivity index (χ4n) is 7.50. The molecule has 1 fully saturated rings. The number of allylic oxidation sites excluding steroid dienone is 7. The summed E-state index contributed by atoms with van der Waals surface area (Å²) < 4.78 is 0. The molecule has 0 radical (unpaired) electrons. The van der Waals surface area contributed by atoms with Gasteiger partial charge in [-0.05, 0) is 116 Å². The number of benzene rings is 1. The quantitative estimate of drug-likeness (QED) is 0.0821. The molecule has 4 N–H and O–H groups in total. The first-order chi connectivity index (χ1) is 20.3. The lowest BCUT2D eigenvalue weighted by molar-refractivity contribution is -0.204. The second kappa shape index (κ2) is 12.9. The van der Waals surface area contributed by atoms with Crippen molar-refractivity contribution in [1.29, 1.82) is 0 Å². The third-order valence-electron chi connectivity index (χ3n) is 10.4. The molecule has 6 nitrogen and oxygen atoms in total. The van der Waals surface area contributed by atoms with E-state index in [1.807, 2.05) is 61.5 Å². The summed E-state index contributed by atoms with van der Waals surface area (Å²) in [6.45, 7) is 24.2. The topological polar surface area (TPSA) is 115 Å². The Bertz CT molecular complexity index is 1430. The molecule has 1 aromatic carbocycles. The number of carbonyl (C=O) groups excluding carboxylic acids is 2. The van der Waals surface area contributed by atoms with Crippen LogP contribution in [0.15, 0.2) is 77.1 Å². The standard InChI is InChI=1S/C38H52O6/c1-22(2)11-13-27(25(7)8)20-37-21-28(15-12-23(3)4)36(9,10)38(35(37)44,18-17-24(5)6)34(43)31(33(37)42)32(41)26-14-16-29(39)30(40)19-26/h12,14,16-17,19,27-28,35,39-40,42,44H,1,7,11,13,15,18,20-21H2,2-6,8-10H3/t27-,28+,35?,37+,38-/m1/s1. The molecule has 6 heteroatoms. The van der Waals surface area contributed by atoms with E-state index in [4.69, 9.17) is 0 Å². The predicted molar refractivity (Wildman–Crippen MR) is 177 cm³/mol. The summed E-state index contributed by atoms with van der Waals surface area (Å²) in [5, 5.41) is 45.0. The minimum atomic E-state index is -1.42. The average molecular weight is 605 g/mol. The third kappa shape index (κ3) is 6.10. The number of ketones is 2. The highest BCUT2D eigenvalue weighted by Gasteiger charge is 2.72. The van der Waals surface area contributed by atoms with Gasteiger partial charge in [-0.3, -0.25) is 9.59 Å². The van der Waals surface area contributed by atoms with Gasteiger partial charge in [0, 0.05) is 5.56 Å². The fraction of sp³-hybridized carbons (Fsp3) is 0.526. The minimum absolute atomic E-state index is 0.0326. The number of rotatable bonds is 12. The number of aliphatic hydroxyl groups excluding tert-OH is 2. The number of aromatic hydroxyl groups is 2. The molecule has 2 aliphatic rings. The van der Waals surface area contributed by atoms with Crippen LogP contribution in [-0.2, 0) is 4.79 Å². The van der Waals surface area contributed by atoms with E-state index in [1.54, 1.807) is 0 Å². The monoisotopic (exact) mass is 604 g/mol. The Balaban J connectivity index is 2.43. The van der Waals surface area contributed by atoms with Gasteiger partial charge in [-0.25, -0.2) is 0 Å². The maximum Gasteiger partial charge on any atom is 0.200 e. The van der Waals surface area contributed by atoms with Crippen molar-refractivity contribution in [3.05, 3.63) is 82.7 Å². The van der Waals surface area contributed by atoms with Gasteiger partial charge in [-0.15, -0.1) is 6.58 Å². The Kier molecular flexibility index (Phi) is 10.3. The number of aliphatic hydroxyl groups is 2. The van der Waals surface area contributed by atoms with Crippen molar-refractivity contribution in [3.8, 4) is 11.5 Å². The van der Waals surface area contributed by atoms with E-state index in [1.165, 1.54) is 12.1 Å². The number of phenolic OH excluding ortho intramolecular Hbond substituents is 2. The molecule has 0 saturated heterocycles. The second-order valence-electron chi connectivity index (χ2n) is 14.5. The summed E-state index contributed by atoms with van der Waals surface area (Å²) in [5.74, 6) is -2.83. The van der Waals surface area contributed by atoms with Crippen LogP contribution >= 0.6 is 0 Å². The van der Waals surface area contributed by atoms with E-state index in [2.05, 4.69) is 19.2 Å². The Morgan fingerprint density at radius 2 is 1.61 bits per heavy atom. The smallest absolute Gasteiger partial charge is 0.200 e. The molecule has 0 spiro atoms. The zero-order chi connectivity index (χ0) is 33.4. The van der Waals surface area contributed by atoms with E-state index >= 15 is 0 Å². The molecule has 3 rings (SSSR count). The zero-order valence-electron chi connectivity index (χ0n) is 27.9. The molecule has 0 amide bonds. The van der Waals surface area contributed by atoms with Crippen LogP contribution in [0.3, 0.4) is 0 Å². The zero-order valence-corrected chi connectivity index (χ0v) is 27.9. The number of Topliss-reactive ketones (excluding diaryl/α,β-unsaturated/α-hetero) is 2. The first-order valence-corrected chi connectivity index (χ1v) is 15.6. The van der Waals surface area contributed by atoms with E-state index in [0.717, 1.165) is 34.8 Å². The average Bonchev–Trinajstić information content (AvgIpc) is 2.91. The molecular formula is C38H52O6. The van der Waals surface area contributed by atoms with Gasteiger partial charge in [-0.1, -0.05) is 54.9 Å². The van der Waals surface area contributed by atoms with Crippen LogP contribution in [0, 0.1) is 28.1 Å². The van der Waals surface area contributed by atoms with Crippen LogP contribution in [-0.4, -0.2) is 38.1 Å². The summed E-state index contributed by atoms with van der Waals surface area (Å²) >= 11 is 0. The molecule has 0 heterocycles. The molecule has 2 bridgehead atoms. The van der Waals surface area contributed by atoms with E-state index in [-0.39, 0.29) is 35.2 Å². The Morgan fingerprint density at radius 1 is 1.00 bits per heavy atom. The van der Waals surface area contributed by atoms with Crippen LogP contribution < -0.4 is 0 Å². The van der Waals surface area contributed by atoms with Gasteiger partial charge in [0.1, 0.15) is 11.3 Å². The van der Waals surface area contributed by atoms with Crippen molar-refractivity contribution >= 4 is 11.6 Å². The lowest BCUT2D eigenvalue weighted by Crippen LogP contribution is -2.69. The number of carbonyl (C=O) groups is 2. The molecular weight excluding hydrogens is 552 g/mol. The summed E-state index contributed by atoms with van der Waals surface area (Å²) in [4.78, 5) is 29.2. The highest BCUT2D eigenvalue weighted by atomic mass is 16.3. The second-order valence-corrected chi connectivity index (χ2v) is 14.5. The SMILES string of the molecule is C=C(C)CC[C@H](C[C@]12C[C@H](CC=C(C)C)C(C)(C)[C@](CC=C(C)C)(C(=O)C(C(=O)c3ccc(O)c(O)c3)=C1O)C2O)C(=C)C. The third-order valence-corrected chi connectivity index (χ3v) is 10.4. The summed E-state index contributed by atoms with van der Waals surface area (Å²) in [5.41, 5.74) is 0.142. The Morgan fingerprint density at radius 3 is 2.14 bits per heavy atom. The molecule has 5 atom stereocenters. The van der Waals surface area contributed by atoms with Crippen molar-refractivity contribution in [2.24, 2.45) is 28.1 Å².